The average molecular weight is 590 g/mol. The molecule has 0 spiro atoms. The van der Waals surface area contributed by atoms with Crippen molar-refractivity contribution in [2.45, 2.75) is 19.6 Å². The highest BCUT2D eigenvalue weighted by Gasteiger charge is 2.29. The maximum Gasteiger partial charge on any atom is 0.255 e. The molecular formula is C35H25F2N3O4. The summed E-state index contributed by atoms with van der Waals surface area (Å²) in [4.78, 5) is 28.1. The Morgan fingerprint density at radius 3 is 2.50 bits per heavy atom. The summed E-state index contributed by atoms with van der Waals surface area (Å²) in [6.45, 7) is 0.803. The maximum atomic E-state index is 14.7. The van der Waals surface area contributed by atoms with Gasteiger partial charge in [0.1, 0.15) is 28.7 Å². The monoisotopic (exact) mass is 589 g/mol. The van der Waals surface area contributed by atoms with Crippen LogP contribution in [0.5, 0.6) is 5.75 Å². The first-order chi connectivity index (χ1) is 21.4. The molecule has 2 aliphatic heterocycles. The average Bonchev–Trinajstić information content (AvgIpc) is 3.75. The van der Waals surface area contributed by atoms with Crippen LogP contribution >= 0.6 is 0 Å². The molecule has 8 rings (SSSR count). The van der Waals surface area contributed by atoms with Crippen LogP contribution in [0.15, 0.2) is 83.3 Å². The summed E-state index contributed by atoms with van der Waals surface area (Å²) in [5.41, 5.74) is 5.81. The highest BCUT2D eigenvalue weighted by Crippen LogP contribution is 2.45. The summed E-state index contributed by atoms with van der Waals surface area (Å²) in [6.07, 6.45) is 1.16. The summed E-state index contributed by atoms with van der Waals surface area (Å²) in [7, 11) is 1.54. The first-order valence-corrected chi connectivity index (χ1v) is 14.4. The van der Waals surface area contributed by atoms with Gasteiger partial charge in [-0.2, -0.15) is 0 Å². The largest absolute Gasteiger partial charge is 0.472 e. The summed E-state index contributed by atoms with van der Waals surface area (Å²) in [5, 5.41) is 3.76. The van der Waals surface area contributed by atoms with Gasteiger partial charge in [-0.15, -0.1) is 0 Å². The quantitative estimate of drug-likeness (QED) is 0.231. The molecule has 1 N–H and O–H groups in total. The zero-order valence-corrected chi connectivity index (χ0v) is 23.6. The lowest BCUT2D eigenvalue weighted by Crippen LogP contribution is -2.24. The van der Waals surface area contributed by atoms with Crippen molar-refractivity contribution in [3.63, 3.8) is 0 Å². The van der Waals surface area contributed by atoms with Gasteiger partial charge in [0.15, 0.2) is 6.73 Å². The van der Waals surface area contributed by atoms with Crippen LogP contribution in [0.1, 0.15) is 23.2 Å². The number of hydrogen-bond acceptors (Lipinski definition) is 4. The number of anilines is 1. The van der Waals surface area contributed by atoms with Gasteiger partial charge in [-0.05, 0) is 72.6 Å². The van der Waals surface area contributed by atoms with Crippen molar-refractivity contribution < 1.29 is 27.5 Å². The number of nitrogens with zero attached hydrogens (tertiary/aromatic N) is 2. The molecule has 0 aliphatic carbocycles. The van der Waals surface area contributed by atoms with E-state index in [0.717, 1.165) is 34.3 Å². The summed E-state index contributed by atoms with van der Waals surface area (Å²) >= 11 is 0. The van der Waals surface area contributed by atoms with Gasteiger partial charge in [0, 0.05) is 53.5 Å². The van der Waals surface area contributed by atoms with E-state index in [-0.39, 0.29) is 24.4 Å². The summed E-state index contributed by atoms with van der Waals surface area (Å²) in [5.74, 6) is -0.0932. The van der Waals surface area contributed by atoms with Crippen molar-refractivity contribution in [1.29, 1.82) is 0 Å². The second-order valence-corrected chi connectivity index (χ2v) is 11.0. The minimum Gasteiger partial charge on any atom is -0.472 e. The number of benzene rings is 4. The number of amides is 2. The topological polar surface area (TPSA) is 76.7 Å². The van der Waals surface area contributed by atoms with E-state index in [2.05, 4.69) is 5.32 Å². The number of halogens is 2. The van der Waals surface area contributed by atoms with E-state index in [1.807, 2.05) is 41.0 Å². The number of nitrogens with one attached hydrogen (secondary N) is 1. The van der Waals surface area contributed by atoms with Crippen molar-refractivity contribution in [1.82, 2.24) is 9.88 Å². The molecule has 44 heavy (non-hydrogen) atoms. The Labute approximate surface area is 250 Å². The number of carbonyl (C=O) groups is 2. The van der Waals surface area contributed by atoms with E-state index in [0.29, 0.717) is 57.6 Å². The van der Waals surface area contributed by atoms with E-state index in [4.69, 9.17) is 9.15 Å². The number of furan rings is 1. The first-order valence-electron chi connectivity index (χ1n) is 14.4. The Morgan fingerprint density at radius 2 is 1.73 bits per heavy atom. The molecule has 9 heteroatoms. The van der Waals surface area contributed by atoms with Crippen LogP contribution < -0.4 is 15.0 Å². The number of carbonyl (C=O) groups excluding carboxylic acids is 2. The first kappa shape index (κ1) is 26.2. The van der Waals surface area contributed by atoms with Gasteiger partial charge in [0.05, 0.1) is 22.5 Å². The molecule has 7 nitrogen and oxygen atoms in total. The second-order valence-electron chi connectivity index (χ2n) is 11.0. The van der Waals surface area contributed by atoms with Gasteiger partial charge >= 0.3 is 0 Å². The minimum atomic E-state index is -0.401. The predicted octanol–water partition coefficient (Wildman–Crippen LogP) is 7.50. The SMILES string of the molecule is CNC(=O)c1c(-c2ccc(F)cc2)oc2cc(N3CCCC3=O)c(-c3ccc4c(c3)-c3cc5c(F)cccc5n3CO4)cc12. The van der Waals surface area contributed by atoms with E-state index >= 15 is 0 Å². The highest BCUT2D eigenvalue weighted by molar-refractivity contribution is 6.14. The molecule has 0 saturated carbocycles. The number of fused-ring (bicyclic) bond motifs is 6. The van der Waals surface area contributed by atoms with E-state index in [9.17, 15) is 18.4 Å². The lowest BCUT2D eigenvalue weighted by Gasteiger charge is -2.23. The van der Waals surface area contributed by atoms with Crippen LogP contribution in [0.4, 0.5) is 14.5 Å². The summed E-state index contributed by atoms with van der Waals surface area (Å²) < 4.78 is 42.8. The van der Waals surface area contributed by atoms with Gasteiger partial charge in [-0.3, -0.25) is 9.59 Å². The fraction of sp³-hybridized carbons (Fsp3) is 0.143. The zero-order valence-electron chi connectivity index (χ0n) is 23.6. The molecule has 1 saturated heterocycles. The van der Waals surface area contributed by atoms with Gasteiger partial charge in [0.2, 0.25) is 5.91 Å². The Balaban J connectivity index is 1.37. The van der Waals surface area contributed by atoms with Gasteiger partial charge in [-0.1, -0.05) is 12.1 Å². The normalized spacial score (nSPS) is 14.2. The molecule has 218 valence electrons. The number of aromatic nitrogens is 1. The van der Waals surface area contributed by atoms with E-state index < -0.39 is 5.82 Å². The van der Waals surface area contributed by atoms with Gasteiger partial charge in [0.25, 0.3) is 5.91 Å². The van der Waals surface area contributed by atoms with Crippen LogP contribution in [0.3, 0.4) is 0 Å². The zero-order chi connectivity index (χ0) is 30.1. The predicted molar refractivity (Wildman–Crippen MR) is 164 cm³/mol. The molecule has 0 atom stereocenters. The van der Waals surface area contributed by atoms with Gasteiger partial charge < -0.3 is 23.9 Å². The number of ether oxygens (including phenoxy) is 1. The fourth-order valence-corrected chi connectivity index (χ4v) is 6.41. The molecule has 1 fully saturated rings. The van der Waals surface area contributed by atoms with Crippen LogP contribution in [0.25, 0.3) is 55.6 Å². The third-order valence-corrected chi connectivity index (χ3v) is 8.54. The Bertz CT molecular complexity index is 2160. The molecule has 6 aromatic rings. The number of rotatable bonds is 4. The van der Waals surface area contributed by atoms with Crippen LogP contribution in [0.2, 0.25) is 0 Å². The molecule has 4 aromatic carbocycles. The highest BCUT2D eigenvalue weighted by atomic mass is 19.1. The third kappa shape index (κ3) is 3.92. The van der Waals surface area contributed by atoms with E-state index in [1.165, 1.54) is 18.2 Å². The Morgan fingerprint density at radius 1 is 0.909 bits per heavy atom. The molecule has 0 unspecified atom stereocenters. The molecule has 0 bridgehead atoms. The van der Waals surface area contributed by atoms with Crippen molar-refractivity contribution in [2.75, 3.05) is 18.5 Å². The Hall–Kier alpha value is -5.44. The molecular weight excluding hydrogens is 564 g/mol. The lowest BCUT2D eigenvalue weighted by molar-refractivity contribution is -0.117. The molecule has 2 aromatic heterocycles. The van der Waals surface area contributed by atoms with Crippen LogP contribution in [-0.4, -0.2) is 30.0 Å². The van der Waals surface area contributed by atoms with Gasteiger partial charge in [-0.25, -0.2) is 8.78 Å². The molecule has 0 radical (unpaired) electrons. The molecule has 2 aliphatic rings. The lowest BCUT2D eigenvalue weighted by atomic mass is 9.95. The molecule has 2 amide bonds. The van der Waals surface area contributed by atoms with Crippen molar-refractivity contribution in [3.8, 4) is 39.5 Å². The Kier molecular flexibility index (Phi) is 5.84. The summed E-state index contributed by atoms with van der Waals surface area (Å²) in [6, 6.07) is 22.0. The van der Waals surface area contributed by atoms with Crippen molar-refractivity contribution >= 4 is 39.4 Å². The number of hydrogen-bond donors (Lipinski definition) is 1. The fourth-order valence-electron chi connectivity index (χ4n) is 6.41. The maximum absolute atomic E-state index is 14.7. The molecule has 4 heterocycles. The van der Waals surface area contributed by atoms with Crippen molar-refractivity contribution in [3.05, 3.63) is 96.1 Å². The smallest absolute Gasteiger partial charge is 0.255 e. The van der Waals surface area contributed by atoms with E-state index in [1.54, 1.807) is 36.2 Å². The van der Waals surface area contributed by atoms with Crippen molar-refractivity contribution in [2.24, 2.45) is 0 Å². The van der Waals surface area contributed by atoms with Crippen LogP contribution in [-0.2, 0) is 11.5 Å². The minimum absolute atomic E-state index is 0.000617. The standard InChI is InChI=1S/C35H25F2N3O4/c1-38-35(42)33-25-15-22(20-9-12-30-24(14-20)28-16-23-26(37)4-2-5-27(23)40(28)18-43-30)29(39-13-3-6-32(39)41)17-31(25)44-34(33)19-7-10-21(36)11-8-19/h2,4-5,7-12,14-17H,3,6,13,18H2,1H3,(H,38,42). The van der Waals surface area contributed by atoms with Crippen LogP contribution in [0, 0.1) is 11.6 Å². The third-order valence-electron chi connectivity index (χ3n) is 8.54. The second kappa shape index (κ2) is 9.80.